The lowest BCUT2D eigenvalue weighted by atomic mass is 10.1. The summed E-state index contributed by atoms with van der Waals surface area (Å²) in [5.74, 6) is -0.346. The maximum Gasteiger partial charge on any atom is 0.338 e. The number of aryl methyl sites for hydroxylation is 1. The molecule has 0 heterocycles. The molecule has 0 aliphatic rings. The summed E-state index contributed by atoms with van der Waals surface area (Å²) in [6.45, 7) is 4.51. The van der Waals surface area contributed by atoms with Crippen LogP contribution in [-0.2, 0) is 11.3 Å². The molecule has 0 aromatic heterocycles. The van der Waals surface area contributed by atoms with Crippen LogP contribution in [-0.4, -0.2) is 18.6 Å². The zero-order valence-electron chi connectivity index (χ0n) is 14.4. The molecule has 0 aliphatic carbocycles. The lowest BCUT2D eigenvalue weighted by Crippen LogP contribution is -2.31. The van der Waals surface area contributed by atoms with E-state index in [9.17, 15) is 9.59 Å². The minimum absolute atomic E-state index is 0.294. The molecular formula is C20H22N2O3. The average molecular weight is 338 g/mol. The van der Waals surface area contributed by atoms with E-state index < -0.39 is 0 Å². The third-order valence-corrected chi connectivity index (χ3v) is 3.49. The topological polar surface area (TPSA) is 67.4 Å². The molecule has 2 aromatic rings. The van der Waals surface area contributed by atoms with Crippen LogP contribution in [0.5, 0.6) is 0 Å². The zero-order valence-corrected chi connectivity index (χ0v) is 14.4. The highest BCUT2D eigenvalue weighted by Crippen LogP contribution is 2.06. The van der Waals surface area contributed by atoms with Crippen molar-refractivity contribution < 1.29 is 14.3 Å². The molecule has 0 unspecified atom stereocenters. The van der Waals surface area contributed by atoms with E-state index in [0.717, 1.165) is 11.1 Å². The van der Waals surface area contributed by atoms with Crippen LogP contribution in [0.2, 0.25) is 0 Å². The van der Waals surface area contributed by atoms with Gasteiger partial charge in [0.15, 0.2) is 0 Å². The van der Waals surface area contributed by atoms with Gasteiger partial charge in [0.25, 0.3) is 0 Å². The SMILES string of the molecule is CCOC(=O)c1ccc(CNC(=O)N/C=C/c2ccc(C)cc2)cc1. The first-order valence-corrected chi connectivity index (χ1v) is 8.12. The summed E-state index contributed by atoms with van der Waals surface area (Å²) in [4.78, 5) is 23.3. The maximum absolute atomic E-state index is 11.8. The Balaban J connectivity index is 1.77. The Bertz CT molecular complexity index is 735. The molecule has 0 atom stereocenters. The summed E-state index contributed by atoms with van der Waals surface area (Å²) in [5, 5.41) is 5.41. The van der Waals surface area contributed by atoms with Gasteiger partial charge in [0.1, 0.15) is 0 Å². The standard InChI is InChI=1S/C20H22N2O3/c1-3-25-19(23)18-10-8-17(9-11-18)14-22-20(24)21-13-12-16-6-4-15(2)5-7-16/h4-13H,3,14H2,1-2H3,(H2,21,22,24)/b13-12+. The van der Waals surface area contributed by atoms with Crippen LogP contribution >= 0.6 is 0 Å². The maximum atomic E-state index is 11.8. The van der Waals surface area contributed by atoms with E-state index in [4.69, 9.17) is 4.74 Å². The summed E-state index contributed by atoms with van der Waals surface area (Å²) in [6.07, 6.45) is 3.43. The van der Waals surface area contributed by atoms with Crippen LogP contribution < -0.4 is 10.6 Å². The van der Waals surface area contributed by atoms with Gasteiger partial charge >= 0.3 is 12.0 Å². The molecule has 0 radical (unpaired) electrons. The van der Waals surface area contributed by atoms with Gasteiger partial charge in [-0.05, 0) is 43.2 Å². The van der Waals surface area contributed by atoms with Crippen LogP contribution in [0, 0.1) is 6.92 Å². The number of carbonyl (C=O) groups excluding carboxylic acids is 2. The van der Waals surface area contributed by atoms with Gasteiger partial charge in [-0.1, -0.05) is 42.0 Å². The van der Waals surface area contributed by atoms with Crippen molar-refractivity contribution in [1.29, 1.82) is 0 Å². The van der Waals surface area contributed by atoms with Crippen LogP contribution in [0.25, 0.3) is 6.08 Å². The highest BCUT2D eigenvalue weighted by molar-refractivity contribution is 5.89. The number of hydrogen-bond donors (Lipinski definition) is 2. The van der Waals surface area contributed by atoms with Gasteiger partial charge in [-0.2, -0.15) is 0 Å². The van der Waals surface area contributed by atoms with E-state index in [0.29, 0.717) is 18.7 Å². The quantitative estimate of drug-likeness (QED) is 0.790. The molecule has 25 heavy (non-hydrogen) atoms. The van der Waals surface area contributed by atoms with Crippen molar-refractivity contribution in [1.82, 2.24) is 10.6 Å². The Kier molecular flexibility index (Phi) is 6.77. The second-order valence-corrected chi connectivity index (χ2v) is 5.49. The second-order valence-electron chi connectivity index (χ2n) is 5.49. The molecule has 0 aliphatic heterocycles. The van der Waals surface area contributed by atoms with E-state index >= 15 is 0 Å². The number of rotatable bonds is 6. The predicted octanol–water partition coefficient (Wildman–Crippen LogP) is 3.64. The number of ether oxygens (including phenoxy) is 1. The smallest absolute Gasteiger partial charge is 0.338 e. The Morgan fingerprint density at radius 3 is 2.36 bits per heavy atom. The number of carbonyl (C=O) groups is 2. The molecule has 2 rings (SSSR count). The van der Waals surface area contributed by atoms with E-state index in [1.807, 2.05) is 37.3 Å². The molecule has 0 spiro atoms. The fourth-order valence-electron chi connectivity index (χ4n) is 2.10. The van der Waals surface area contributed by atoms with E-state index in [1.165, 1.54) is 5.56 Å². The molecule has 0 fully saturated rings. The Morgan fingerprint density at radius 2 is 1.72 bits per heavy atom. The van der Waals surface area contributed by atoms with Crippen LogP contribution in [0.3, 0.4) is 0 Å². The fourth-order valence-corrected chi connectivity index (χ4v) is 2.10. The highest BCUT2D eigenvalue weighted by Gasteiger charge is 2.05. The van der Waals surface area contributed by atoms with Crippen LogP contribution in [0.4, 0.5) is 4.79 Å². The van der Waals surface area contributed by atoms with Crippen molar-refractivity contribution in [3.05, 3.63) is 77.0 Å². The Morgan fingerprint density at radius 1 is 1.04 bits per heavy atom. The molecule has 2 N–H and O–H groups in total. The number of nitrogens with one attached hydrogen (secondary N) is 2. The lowest BCUT2D eigenvalue weighted by Gasteiger charge is -2.06. The normalized spacial score (nSPS) is 10.5. The molecule has 0 saturated carbocycles. The fraction of sp³-hybridized carbons (Fsp3) is 0.200. The number of amides is 2. The molecular weight excluding hydrogens is 316 g/mol. The Labute approximate surface area is 147 Å². The van der Waals surface area contributed by atoms with Crippen molar-refractivity contribution in [2.75, 3.05) is 6.61 Å². The zero-order chi connectivity index (χ0) is 18.1. The van der Waals surface area contributed by atoms with Gasteiger partial charge in [0.2, 0.25) is 0 Å². The largest absolute Gasteiger partial charge is 0.462 e. The average Bonchev–Trinajstić information content (AvgIpc) is 2.62. The van der Waals surface area contributed by atoms with Crippen LogP contribution in [0.15, 0.2) is 54.7 Å². The van der Waals surface area contributed by atoms with E-state index in [2.05, 4.69) is 10.6 Å². The van der Waals surface area contributed by atoms with Crippen molar-refractivity contribution >= 4 is 18.1 Å². The van der Waals surface area contributed by atoms with Gasteiger partial charge in [-0.25, -0.2) is 9.59 Å². The molecule has 0 saturated heterocycles. The summed E-state index contributed by atoms with van der Waals surface area (Å²) < 4.78 is 4.93. The molecule has 130 valence electrons. The highest BCUT2D eigenvalue weighted by atomic mass is 16.5. The van der Waals surface area contributed by atoms with E-state index in [-0.39, 0.29) is 12.0 Å². The number of urea groups is 1. The third kappa shape index (κ3) is 6.14. The second kappa shape index (κ2) is 9.27. The lowest BCUT2D eigenvalue weighted by molar-refractivity contribution is 0.0526. The first kappa shape index (κ1) is 18.3. The van der Waals surface area contributed by atoms with Crippen LogP contribution in [0.1, 0.15) is 34.0 Å². The van der Waals surface area contributed by atoms with Gasteiger partial charge in [0, 0.05) is 12.7 Å². The summed E-state index contributed by atoms with van der Waals surface area (Å²) in [7, 11) is 0. The van der Waals surface area contributed by atoms with Crippen molar-refractivity contribution in [2.45, 2.75) is 20.4 Å². The number of benzene rings is 2. The Hall–Kier alpha value is -3.08. The van der Waals surface area contributed by atoms with Gasteiger partial charge in [-0.15, -0.1) is 0 Å². The van der Waals surface area contributed by atoms with E-state index in [1.54, 1.807) is 37.4 Å². The minimum atomic E-state index is -0.346. The molecule has 2 aromatic carbocycles. The predicted molar refractivity (Wildman–Crippen MR) is 98.0 cm³/mol. The van der Waals surface area contributed by atoms with Crippen molar-refractivity contribution in [3.8, 4) is 0 Å². The summed E-state index contributed by atoms with van der Waals surface area (Å²) in [6, 6.07) is 14.6. The van der Waals surface area contributed by atoms with Gasteiger partial charge in [0.05, 0.1) is 12.2 Å². The summed E-state index contributed by atoms with van der Waals surface area (Å²) >= 11 is 0. The first-order chi connectivity index (χ1) is 12.1. The van der Waals surface area contributed by atoms with Crippen molar-refractivity contribution in [2.24, 2.45) is 0 Å². The molecule has 2 amide bonds. The van der Waals surface area contributed by atoms with Gasteiger partial charge < -0.3 is 15.4 Å². The summed E-state index contributed by atoms with van der Waals surface area (Å²) in [5.41, 5.74) is 3.60. The number of hydrogen-bond acceptors (Lipinski definition) is 3. The monoisotopic (exact) mass is 338 g/mol. The molecule has 0 bridgehead atoms. The van der Waals surface area contributed by atoms with Crippen molar-refractivity contribution in [3.63, 3.8) is 0 Å². The molecule has 5 heteroatoms. The number of esters is 1. The van der Waals surface area contributed by atoms with Gasteiger partial charge in [-0.3, -0.25) is 0 Å². The third-order valence-electron chi connectivity index (χ3n) is 3.49. The first-order valence-electron chi connectivity index (χ1n) is 8.12. The minimum Gasteiger partial charge on any atom is -0.462 e. The molecule has 5 nitrogen and oxygen atoms in total.